The minimum Gasteiger partial charge on any atom is -0.497 e. The number of ether oxygens (including phenoxy) is 3. The first-order chi connectivity index (χ1) is 11.2. The molecule has 2 atom stereocenters. The number of benzene rings is 1. The highest BCUT2D eigenvalue weighted by Crippen LogP contribution is 2.30. The molecule has 1 aromatic carbocycles. The lowest BCUT2D eigenvalue weighted by Crippen LogP contribution is -2.19. The van der Waals surface area contributed by atoms with Crippen molar-refractivity contribution in [2.24, 2.45) is 0 Å². The highest BCUT2D eigenvalue weighted by atomic mass is 35.5. The third-order valence-electron chi connectivity index (χ3n) is 4.03. The molecule has 2 unspecified atom stereocenters. The Hall–Kier alpha value is -1.72. The molecule has 3 rings (SSSR count). The second-order valence-corrected chi connectivity index (χ2v) is 6.06. The van der Waals surface area contributed by atoms with E-state index in [2.05, 4.69) is 9.55 Å². The maximum absolute atomic E-state index is 6.17. The van der Waals surface area contributed by atoms with Gasteiger partial charge in [-0.15, -0.1) is 0 Å². The zero-order valence-electron chi connectivity index (χ0n) is 13.2. The van der Waals surface area contributed by atoms with E-state index < -0.39 is 0 Å². The number of methoxy groups -OCH3 is 1. The maximum atomic E-state index is 6.17. The standard InChI is InChI=1S/C17H21ClN2O3/c1-21-14-4-5-17(16(18)10-14)22-11-15-3-2-13(23-15)6-8-20-9-7-19-12-20/h4-5,7,9-10,12-13,15H,2-3,6,8,11H2,1H3. The van der Waals surface area contributed by atoms with Crippen LogP contribution in [0.5, 0.6) is 11.5 Å². The molecule has 0 aliphatic carbocycles. The van der Waals surface area contributed by atoms with Gasteiger partial charge in [0.2, 0.25) is 0 Å². The number of halogens is 1. The van der Waals surface area contributed by atoms with E-state index in [1.807, 2.05) is 24.7 Å². The molecular weight excluding hydrogens is 316 g/mol. The predicted molar refractivity (Wildman–Crippen MR) is 88.2 cm³/mol. The molecule has 0 amide bonds. The number of nitrogens with zero attached hydrogens (tertiary/aromatic N) is 2. The lowest BCUT2D eigenvalue weighted by Gasteiger charge is -2.15. The predicted octanol–water partition coefficient (Wildman–Crippen LogP) is 3.56. The van der Waals surface area contributed by atoms with Gasteiger partial charge in [-0.2, -0.15) is 0 Å². The zero-order chi connectivity index (χ0) is 16.1. The van der Waals surface area contributed by atoms with Crippen LogP contribution in [0.15, 0.2) is 36.9 Å². The molecule has 23 heavy (non-hydrogen) atoms. The third kappa shape index (κ3) is 4.39. The Morgan fingerprint density at radius 1 is 1.35 bits per heavy atom. The van der Waals surface area contributed by atoms with Gasteiger partial charge in [0.05, 0.1) is 30.7 Å². The quantitative estimate of drug-likeness (QED) is 0.775. The average molecular weight is 337 g/mol. The van der Waals surface area contributed by atoms with Gasteiger partial charge in [0.15, 0.2) is 0 Å². The molecule has 1 fully saturated rings. The summed E-state index contributed by atoms with van der Waals surface area (Å²) in [4.78, 5) is 4.05. The minimum absolute atomic E-state index is 0.126. The SMILES string of the molecule is COc1ccc(OCC2CCC(CCn3ccnc3)O2)c(Cl)c1. The smallest absolute Gasteiger partial charge is 0.138 e. The fraction of sp³-hybridized carbons (Fsp3) is 0.471. The van der Waals surface area contributed by atoms with Crippen molar-refractivity contribution in [1.29, 1.82) is 0 Å². The van der Waals surface area contributed by atoms with Crippen LogP contribution < -0.4 is 9.47 Å². The topological polar surface area (TPSA) is 45.5 Å². The first kappa shape index (κ1) is 16.1. The van der Waals surface area contributed by atoms with Crippen LogP contribution in [0, 0.1) is 0 Å². The van der Waals surface area contributed by atoms with Crippen LogP contribution in [-0.4, -0.2) is 35.5 Å². The minimum atomic E-state index is 0.126. The fourth-order valence-electron chi connectivity index (χ4n) is 2.74. The molecular formula is C17H21ClN2O3. The van der Waals surface area contributed by atoms with Gasteiger partial charge in [-0.05, 0) is 31.4 Å². The van der Waals surface area contributed by atoms with Gasteiger partial charge in [0.25, 0.3) is 0 Å². The second-order valence-electron chi connectivity index (χ2n) is 5.65. The number of hydrogen-bond acceptors (Lipinski definition) is 4. The highest BCUT2D eigenvalue weighted by Gasteiger charge is 2.25. The van der Waals surface area contributed by atoms with Gasteiger partial charge in [-0.25, -0.2) is 4.98 Å². The summed E-state index contributed by atoms with van der Waals surface area (Å²) in [5, 5.41) is 0.555. The first-order valence-corrected chi connectivity index (χ1v) is 8.20. The number of aryl methyl sites for hydroxylation is 1. The molecule has 5 nitrogen and oxygen atoms in total. The summed E-state index contributed by atoms with van der Waals surface area (Å²) in [6.07, 6.45) is 9.10. The second kappa shape index (κ2) is 7.70. The molecule has 2 aromatic rings. The van der Waals surface area contributed by atoms with E-state index >= 15 is 0 Å². The van der Waals surface area contributed by atoms with Crippen molar-refractivity contribution in [3.8, 4) is 11.5 Å². The average Bonchev–Trinajstić information content (AvgIpc) is 3.23. The van der Waals surface area contributed by atoms with Gasteiger partial charge in [0.1, 0.15) is 18.1 Å². The fourth-order valence-corrected chi connectivity index (χ4v) is 2.96. The number of rotatable bonds is 7. The summed E-state index contributed by atoms with van der Waals surface area (Å²) in [6.45, 7) is 1.45. The van der Waals surface area contributed by atoms with E-state index in [0.29, 0.717) is 17.4 Å². The van der Waals surface area contributed by atoms with Crippen LogP contribution >= 0.6 is 11.6 Å². The highest BCUT2D eigenvalue weighted by molar-refractivity contribution is 6.32. The molecule has 1 aromatic heterocycles. The summed E-state index contributed by atoms with van der Waals surface area (Å²) in [5.74, 6) is 1.39. The van der Waals surface area contributed by atoms with Crippen LogP contribution in [0.4, 0.5) is 0 Å². The lowest BCUT2D eigenvalue weighted by atomic mass is 10.1. The summed E-state index contributed by atoms with van der Waals surface area (Å²) < 4.78 is 19.0. The third-order valence-corrected chi connectivity index (χ3v) is 4.32. The molecule has 0 saturated carbocycles. The van der Waals surface area contributed by atoms with Crippen LogP contribution in [0.3, 0.4) is 0 Å². The number of hydrogen-bond donors (Lipinski definition) is 0. The van der Waals surface area contributed by atoms with Crippen LogP contribution in [-0.2, 0) is 11.3 Å². The Bertz CT molecular complexity index is 618. The van der Waals surface area contributed by atoms with Crippen molar-refractivity contribution in [3.05, 3.63) is 41.9 Å². The van der Waals surface area contributed by atoms with Gasteiger partial charge in [-0.1, -0.05) is 11.6 Å². The summed E-state index contributed by atoms with van der Waals surface area (Å²) in [7, 11) is 1.61. The van der Waals surface area contributed by atoms with Crippen molar-refractivity contribution < 1.29 is 14.2 Å². The van der Waals surface area contributed by atoms with Crippen molar-refractivity contribution in [2.75, 3.05) is 13.7 Å². The Labute approximate surface area is 141 Å². The van der Waals surface area contributed by atoms with Crippen molar-refractivity contribution in [2.45, 2.75) is 38.0 Å². The molecule has 0 N–H and O–H groups in total. The summed E-state index contributed by atoms with van der Waals surface area (Å²) in [6, 6.07) is 5.41. The monoisotopic (exact) mass is 336 g/mol. The largest absolute Gasteiger partial charge is 0.497 e. The van der Waals surface area contributed by atoms with E-state index in [9.17, 15) is 0 Å². The van der Waals surface area contributed by atoms with Crippen LogP contribution in [0.25, 0.3) is 0 Å². The molecule has 0 bridgehead atoms. The van der Waals surface area contributed by atoms with E-state index in [0.717, 1.165) is 31.6 Å². The van der Waals surface area contributed by atoms with Gasteiger partial charge in [-0.3, -0.25) is 0 Å². The summed E-state index contributed by atoms with van der Waals surface area (Å²) >= 11 is 6.17. The van der Waals surface area contributed by atoms with Gasteiger partial charge < -0.3 is 18.8 Å². The zero-order valence-corrected chi connectivity index (χ0v) is 13.9. The number of imidazole rings is 1. The van der Waals surface area contributed by atoms with Crippen LogP contribution in [0.1, 0.15) is 19.3 Å². The Balaban J connectivity index is 1.43. The van der Waals surface area contributed by atoms with Crippen molar-refractivity contribution >= 4 is 11.6 Å². The van der Waals surface area contributed by atoms with Crippen molar-refractivity contribution in [1.82, 2.24) is 9.55 Å². The Morgan fingerprint density at radius 3 is 2.96 bits per heavy atom. The molecule has 1 saturated heterocycles. The van der Waals surface area contributed by atoms with E-state index in [-0.39, 0.29) is 12.2 Å². The Kier molecular flexibility index (Phi) is 5.41. The molecule has 0 spiro atoms. The lowest BCUT2D eigenvalue weighted by molar-refractivity contribution is 0.0128. The molecule has 1 aliphatic heterocycles. The molecule has 0 radical (unpaired) electrons. The van der Waals surface area contributed by atoms with E-state index in [4.69, 9.17) is 25.8 Å². The maximum Gasteiger partial charge on any atom is 0.138 e. The van der Waals surface area contributed by atoms with E-state index in [1.54, 1.807) is 19.4 Å². The molecule has 6 heteroatoms. The van der Waals surface area contributed by atoms with Gasteiger partial charge in [0, 0.05) is 25.0 Å². The van der Waals surface area contributed by atoms with Gasteiger partial charge >= 0.3 is 0 Å². The summed E-state index contributed by atoms with van der Waals surface area (Å²) in [5.41, 5.74) is 0. The normalized spacial score (nSPS) is 20.6. The van der Waals surface area contributed by atoms with E-state index in [1.165, 1.54) is 0 Å². The molecule has 124 valence electrons. The first-order valence-electron chi connectivity index (χ1n) is 7.82. The van der Waals surface area contributed by atoms with Crippen molar-refractivity contribution in [3.63, 3.8) is 0 Å². The molecule has 2 heterocycles. The Morgan fingerprint density at radius 2 is 2.22 bits per heavy atom. The van der Waals surface area contributed by atoms with Crippen LogP contribution in [0.2, 0.25) is 5.02 Å². The molecule has 1 aliphatic rings. The number of aromatic nitrogens is 2.